The molecule has 0 unspecified atom stereocenters. The molecule has 0 aliphatic carbocycles. The molecular weight excluding hydrogens is 600 g/mol. The minimum Gasteiger partial charge on any atom is -0.482 e. The Hall–Kier alpha value is -5.85. The molecule has 0 bridgehead atoms. The number of hydrogen-bond acceptors (Lipinski definition) is 7. The maximum atomic E-state index is 14.9. The SMILES string of the molecule is C[C@@H](C(=O)N[C@@H]1C(=O)N(Cc2c(C#N)n(-c3ccccc3C#N)c3ccccc23)c2ccccc2OC12CCOCC2)N(C)C(=O)O. The maximum absolute atomic E-state index is 14.9. The van der Waals surface area contributed by atoms with E-state index in [0.717, 1.165) is 4.90 Å². The van der Waals surface area contributed by atoms with Gasteiger partial charge in [-0.1, -0.05) is 42.5 Å². The molecule has 3 amide bonds. The maximum Gasteiger partial charge on any atom is 0.407 e. The number of carboxylic acid groups (broad SMARTS) is 1. The molecule has 6 rings (SSSR count). The fraction of sp³-hybridized carbons (Fsp3) is 0.286. The Morgan fingerprint density at radius 3 is 2.38 bits per heavy atom. The Labute approximate surface area is 270 Å². The second kappa shape index (κ2) is 12.5. The highest BCUT2D eigenvalue weighted by atomic mass is 16.5. The van der Waals surface area contributed by atoms with E-state index in [1.54, 1.807) is 53.1 Å². The lowest BCUT2D eigenvalue weighted by atomic mass is 9.84. The first-order chi connectivity index (χ1) is 22.7. The number of carbonyl (C=O) groups is 3. The highest BCUT2D eigenvalue weighted by Crippen LogP contribution is 2.42. The molecule has 1 fully saturated rings. The van der Waals surface area contributed by atoms with Gasteiger partial charge in [0.1, 0.15) is 41.3 Å². The summed E-state index contributed by atoms with van der Waals surface area (Å²) in [6.07, 6.45) is -0.699. The van der Waals surface area contributed by atoms with E-state index >= 15 is 0 Å². The standard InChI is InChI=1S/C35H32N6O6/c1-22(39(2)34(44)45)32(42)38-31-33(43)40(28-13-7-8-14-30(28)47-35(31)15-17-46-18-16-35)21-25-24-10-4-6-12-27(24)41(29(25)20-37)26-11-5-3-9-23(26)19-36/h3-14,22,31H,15-18,21H2,1-2H3,(H,38,42)(H,44,45)/t22-,31+/m0/s1. The summed E-state index contributed by atoms with van der Waals surface area (Å²) in [5.41, 5.74) is 1.66. The van der Waals surface area contributed by atoms with Crippen molar-refractivity contribution in [3.05, 3.63) is 89.6 Å². The van der Waals surface area contributed by atoms with Crippen molar-refractivity contribution < 1.29 is 29.0 Å². The van der Waals surface area contributed by atoms with Gasteiger partial charge in [-0.15, -0.1) is 0 Å². The third-order valence-corrected chi connectivity index (χ3v) is 9.06. The third-order valence-electron chi connectivity index (χ3n) is 9.06. The number of nitrogens with one attached hydrogen (secondary N) is 1. The second-order valence-electron chi connectivity index (χ2n) is 11.6. The summed E-state index contributed by atoms with van der Waals surface area (Å²) < 4.78 is 14.0. The molecule has 12 heteroatoms. The molecule has 3 aromatic carbocycles. The molecule has 1 saturated heterocycles. The largest absolute Gasteiger partial charge is 0.482 e. The molecule has 0 saturated carbocycles. The first-order valence-corrected chi connectivity index (χ1v) is 15.2. The van der Waals surface area contributed by atoms with E-state index in [2.05, 4.69) is 17.5 Å². The number of nitriles is 2. The zero-order chi connectivity index (χ0) is 33.3. The van der Waals surface area contributed by atoms with Crippen LogP contribution in [0, 0.1) is 22.7 Å². The van der Waals surface area contributed by atoms with Gasteiger partial charge in [0.05, 0.1) is 42.2 Å². The molecule has 2 aliphatic rings. The van der Waals surface area contributed by atoms with Crippen molar-refractivity contribution in [2.45, 2.75) is 44.0 Å². The summed E-state index contributed by atoms with van der Waals surface area (Å²) >= 11 is 0. The van der Waals surface area contributed by atoms with Crippen LogP contribution in [-0.2, 0) is 20.9 Å². The summed E-state index contributed by atoms with van der Waals surface area (Å²) in [7, 11) is 1.29. The minimum absolute atomic E-state index is 0.0616. The fourth-order valence-electron chi connectivity index (χ4n) is 6.37. The lowest BCUT2D eigenvalue weighted by Crippen LogP contribution is -2.65. The van der Waals surface area contributed by atoms with Gasteiger partial charge in [0.25, 0.3) is 5.91 Å². The van der Waals surface area contributed by atoms with Gasteiger partial charge in [0.15, 0.2) is 0 Å². The number of benzene rings is 3. The summed E-state index contributed by atoms with van der Waals surface area (Å²) in [5.74, 6) is -0.711. The molecule has 2 aliphatic heterocycles. The number of aromatic nitrogens is 1. The van der Waals surface area contributed by atoms with Crippen LogP contribution >= 0.6 is 0 Å². The van der Waals surface area contributed by atoms with Crippen LogP contribution in [0.2, 0.25) is 0 Å². The van der Waals surface area contributed by atoms with Gasteiger partial charge in [-0.25, -0.2) is 4.79 Å². The number of rotatable bonds is 6. The topological polar surface area (TPSA) is 161 Å². The molecule has 4 aromatic rings. The number of nitrogens with zero attached hydrogens (tertiary/aromatic N) is 5. The average molecular weight is 633 g/mol. The minimum atomic E-state index is -1.29. The number of amides is 3. The van der Waals surface area contributed by atoms with Gasteiger partial charge >= 0.3 is 6.09 Å². The van der Waals surface area contributed by atoms with E-state index in [9.17, 15) is 30.0 Å². The molecule has 238 valence electrons. The zero-order valence-corrected chi connectivity index (χ0v) is 25.8. The number of likely N-dealkylation sites (N-methyl/N-ethyl adjacent to an activating group) is 1. The van der Waals surface area contributed by atoms with Crippen LogP contribution in [0.3, 0.4) is 0 Å². The number of anilines is 1. The zero-order valence-electron chi connectivity index (χ0n) is 25.8. The molecule has 12 nitrogen and oxygen atoms in total. The Balaban J connectivity index is 1.51. The molecule has 3 heterocycles. The quantitative estimate of drug-likeness (QED) is 0.318. The number of ether oxygens (including phenoxy) is 2. The van der Waals surface area contributed by atoms with Crippen LogP contribution in [0.5, 0.6) is 5.75 Å². The molecule has 2 N–H and O–H groups in total. The van der Waals surface area contributed by atoms with Crippen LogP contribution in [0.1, 0.15) is 36.6 Å². The van der Waals surface area contributed by atoms with Gasteiger partial charge in [-0.05, 0) is 37.3 Å². The Morgan fingerprint density at radius 2 is 1.68 bits per heavy atom. The molecule has 0 radical (unpaired) electrons. The lowest BCUT2D eigenvalue weighted by molar-refractivity contribution is -0.139. The average Bonchev–Trinajstić information content (AvgIpc) is 3.37. The normalized spacial score (nSPS) is 17.5. The number of hydrogen-bond donors (Lipinski definition) is 2. The molecule has 1 aromatic heterocycles. The van der Waals surface area contributed by atoms with Crippen molar-refractivity contribution >= 4 is 34.5 Å². The van der Waals surface area contributed by atoms with Crippen molar-refractivity contribution in [1.29, 1.82) is 10.5 Å². The molecule has 47 heavy (non-hydrogen) atoms. The monoisotopic (exact) mass is 632 g/mol. The van der Waals surface area contributed by atoms with E-state index < -0.39 is 35.6 Å². The van der Waals surface area contributed by atoms with E-state index in [1.807, 2.05) is 24.3 Å². The summed E-state index contributed by atoms with van der Waals surface area (Å²) in [6.45, 7) is 1.96. The van der Waals surface area contributed by atoms with Crippen molar-refractivity contribution in [1.82, 2.24) is 14.8 Å². The number of carbonyl (C=O) groups excluding carboxylic acids is 2. The number of para-hydroxylation sites is 4. The Bertz CT molecular complexity index is 1970. The van der Waals surface area contributed by atoms with Crippen molar-refractivity contribution in [3.8, 4) is 23.6 Å². The second-order valence-corrected chi connectivity index (χ2v) is 11.6. The van der Waals surface area contributed by atoms with E-state index in [0.29, 0.717) is 52.0 Å². The van der Waals surface area contributed by atoms with Crippen LogP contribution in [-0.4, -0.2) is 70.4 Å². The van der Waals surface area contributed by atoms with E-state index in [-0.39, 0.29) is 25.5 Å². The fourth-order valence-corrected chi connectivity index (χ4v) is 6.37. The van der Waals surface area contributed by atoms with Gasteiger partial charge in [-0.2, -0.15) is 10.5 Å². The summed E-state index contributed by atoms with van der Waals surface area (Å²) in [4.78, 5) is 42.5. The highest BCUT2D eigenvalue weighted by Gasteiger charge is 2.52. The van der Waals surface area contributed by atoms with Gasteiger partial charge < -0.3 is 24.8 Å². The lowest BCUT2D eigenvalue weighted by Gasteiger charge is -2.42. The van der Waals surface area contributed by atoms with Gasteiger partial charge in [-0.3, -0.25) is 19.1 Å². The van der Waals surface area contributed by atoms with Crippen LogP contribution in [0.25, 0.3) is 16.6 Å². The molecular formula is C35H32N6O6. The third kappa shape index (κ3) is 5.39. The number of fused-ring (bicyclic) bond motifs is 2. The van der Waals surface area contributed by atoms with Crippen LogP contribution < -0.4 is 15.0 Å². The highest BCUT2D eigenvalue weighted by molar-refractivity contribution is 6.03. The van der Waals surface area contributed by atoms with Crippen molar-refractivity contribution in [2.24, 2.45) is 0 Å². The van der Waals surface area contributed by atoms with Gasteiger partial charge in [0, 0.05) is 30.8 Å². The van der Waals surface area contributed by atoms with Crippen LogP contribution in [0.15, 0.2) is 72.8 Å². The van der Waals surface area contributed by atoms with Gasteiger partial charge in [0.2, 0.25) is 5.91 Å². The Morgan fingerprint density at radius 1 is 1.02 bits per heavy atom. The first-order valence-electron chi connectivity index (χ1n) is 15.2. The van der Waals surface area contributed by atoms with E-state index in [4.69, 9.17) is 9.47 Å². The predicted octanol–water partition coefficient (Wildman–Crippen LogP) is 4.33. The predicted molar refractivity (Wildman–Crippen MR) is 171 cm³/mol. The molecule has 2 atom stereocenters. The summed E-state index contributed by atoms with van der Waals surface area (Å²) in [5, 5.41) is 33.6. The van der Waals surface area contributed by atoms with E-state index in [1.165, 1.54) is 18.9 Å². The Kier molecular flexibility index (Phi) is 8.29. The summed E-state index contributed by atoms with van der Waals surface area (Å²) in [6, 6.07) is 23.7. The first kappa shape index (κ1) is 31.1. The van der Waals surface area contributed by atoms with Crippen LogP contribution in [0.4, 0.5) is 10.5 Å². The van der Waals surface area contributed by atoms with Crippen molar-refractivity contribution in [3.63, 3.8) is 0 Å². The smallest absolute Gasteiger partial charge is 0.407 e. The molecule has 1 spiro atoms. The van der Waals surface area contributed by atoms with Crippen molar-refractivity contribution in [2.75, 3.05) is 25.2 Å².